The molecule has 0 radical (unpaired) electrons. The maximum atomic E-state index is 14.1. The average Bonchev–Trinajstić information content (AvgIpc) is 2.67. The van der Waals surface area contributed by atoms with Crippen LogP contribution < -0.4 is 10.6 Å². The quantitative estimate of drug-likeness (QED) is 0.752. The number of urea groups is 1. The predicted molar refractivity (Wildman–Crippen MR) is 98.1 cm³/mol. The number of piperidine rings is 1. The molecule has 1 saturated heterocycles. The molecule has 3 rings (SSSR count). The maximum absolute atomic E-state index is 14.1. The summed E-state index contributed by atoms with van der Waals surface area (Å²) in [6.45, 7) is 1.96. The Labute approximate surface area is 157 Å². The number of nitrogens with zero attached hydrogens (tertiary/aromatic N) is 1. The molecule has 0 atom stereocenters. The SMILES string of the molecule is O=C(NCc1ccc(O)cc1)N(Cc1ccc(F)cc1F)C1CCNCC1. The van der Waals surface area contributed by atoms with E-state index in [9.17, 15) is 18.7 Å². The third kappa shape index (κ3) is 5.17. The van der Waals surface area contributed by atoms with Gasteiger partial charge in [0, 0.05) is 24.2 Å². The van der Waals surface area contributed by atoms with Crippen LogP contribution in [0.15, 0.2) is 42.5 Å². The number of phenols is 1. The molecular weight excluding hydrogens is 352 g/mol. The van der Waals surface area contributed by atoms with Crippen LogP contribution in [0.2, 0.25) is 0 Å². The molecule has 0 spiro atoms. The number of amides is 2. The number of benzene rings is 2. The lowest BCUT2D eigenvalue weighted by Crippen LogP contribution is -2.49. The highest BCUT2D eigenvalue weighted by Crippen LogP contribution is 2.19. The van der Waals surface area contributed by atoms with Crippen molar-refractivity contribution in [2.45, 2.75) is 32.0 Å². The zero-order valence-corrected chi connectivity index (χ0v) is 14.9. The number of aromatic hydroxyl groups is 1. The first-order valence-electron chi connectivity index (χ1n) is 9.00. The fourth-order valence-corrected chi connectivity index (χ4v) is 3.21. The number of rotatable bonds is 5. The molecule has 1 fully saturated rings. The predicted octanol–water partition coefficient (Wildman–Crippen LogP) is 3.13. The Morgan fingerprint density at radius 2 is 1.85 bits per heavy atom. The molecule has 1 aliphatic heterocycles. The summed E-state index contributed by atoms with van der Waals surface area (Å²) in [7, 11) is 0. The van der Waals surface area contributed by atoms with E-state index in [-0.39, 0.29) is 29.9 Å². The first-order valence-corrected chi connectivity index (χ1v) is 9.00. The van der Waals surface area contributed by atoms with Gasteiger partial charge in [0.1, 0.15) is 17.4 Å². The molecule has 3 N–H and O–H groups in total. The van der Waals surface area contributed by atoms with E-state index in [0.717, 1.165) is 37.6 Å². The van der Waals surface area contributed by atoms with Crippen LogP contribution in [-0.2, 0) is 13.1 Å². The van der Waals surface area contributed by atoms with Gasteiger partial charge in [-0.2, -0.15) is 0 Å². The van der Waals surface area contributed by atoms with Crippen molar-refractivity contribution in [3.63, 3.8) is 0 Å². The van der Waals surface area contributed by atoms with Gasteiger partial charge in [0.2, 0.25) is 0 Å². The van der Waals surface area contributed by atoms with Crippen LogP contribution >= 0.6 is 0 Å². The molecule has 0 saturated carbocycles. The van der Waals surface area contributed by atoms with Crippen LogP contribution in [-0.4, -0.2) is 35.2 Å². The van der Waals surface area contributed by atoms with Gasteiger partial charge < -0.3 is 20.6 Å². The van der Waals surface area contributed by atoms with Crippen molar-refractivity contribution >= 4 is 6.03 Å². The second kappa shape index (κ2) is 8.81. The van der Waals surface area contributed by atoms with E-state index >= 15 is 0 Å². The fourth-order valence-electron chi connectivity index (χ4n) is 3.21. The van der Waals surface area contributed by atoms with Crippen molar-refractivity contribution in [1.29, 1.82) is 0 Å². The van der Waals surface area contributed by atoms with Crippen molar-refractivity contribution in [2.24, 2.45) is 0 Å². The number of halogens is 2. The summed E-state index contributed by atoms with van der Waals surface area (Å²) in [5.74, 6) is -1.13. The number of nitrogens with one attached hydrogen (secondary N) is 2. The minimum absolute atomic E-state index is 0.0180. The molecule has 1 aliphatic rings. The van der Waals surface area contributed by atoms with Gasteiger partial charge in [-0.3, -0.25) is 0 Å². The number of hydrogen-bond donors (Lipinski definition) is 3. The van der Waals surface area contributed by atoms with Crippen molar-refractivity contribution < 1.29 is 18.7 Å². The lowest BCUT2D eigenvalue weighted by atomic mass is 10.0. The van der Waals surface area contributed by atoms with E-state index in [1.807, 2.05) is 0 Å². The summed E-state index contributed by atoms with van der Waals surface area (Å²) in [6.07, 6.45) is 1.55. The summed E-state index contributed by atoms with van der Waals surface area (Å²) in [6, 6.07) is 9.67. The average molecular weight is 375 g/mol. The molecule has 7 heteroatoms. The Morgan fingerprint density at radius 1 is 1.15 bits per heavy atom. The molecule has 0 unspecified atom stereocenters. The zero-order chi connectivity index (χ0) is 19.2. The largest absolute Gasteiger partial charge is 0.508 e. The molecular formula is C20H23F2N3O2. The fraction of sp³-hybridized carbons (Fsp3) is 0.350. The summed E-state index contributed by atoms with van der Waals surface area (Å²) in [4.78, 5) is 14.4. The van der Waals surface area contributed by atoms with Gasteiger partial charge >= 0.3 is 6.03 Å². The molecule has 2 aromatic carbocycles. The second-order valence-electron chi connectivity index (χ2n) is 6.67. The highest BCUT2D eigenvalue weighted by Gasteiger charge is 2.26. The van der Waals surface area contributed by atoms with Gasteiger partial charge in [-0.15, -0.1) is 0 Å². The molecule has 5 nitrogen and oxygen atoms in total. The first-order chi connectivity index (χ1) is 13.0. The number of carbonyl (C=O) groups excluding carboxylic acids is 1. The van der Waals surface area contributed by atoms with Crippen LogP contribution in [0.4, 0.5) is 13.6 Å². The number of carbonyl (C=O) groups is 1. The van der Waals surface area contributed by atoms with Gasteiger partial charge in [-0.1, -0.05) is 18.2 Å². The Kier molecular flexibility index (Phi) is 6.24. The molecule has 0 aliphatic carbocycles. The van der Waals surface area contributed by atoms with Gasteiger partial charge in [0.05, 0.1) is 6.54 Å². The van der Waals surface area contributed by atoms with E-state index < -0.39 is 11.6 Å². The van der Waals surface area contributed by atoms with Crippen LogP contribution in [0.1, 0.15) is 24.0 Å². The number of hydrogen-bond acceptors (Lipinski definition) is 3. The second-order valence-corrected chi connectivity index (χ2v) is 6.67. The lowest BCUT2D eigenvalue weighted by Gasteiger charge is -2.35. The lowest BCUT2D eigenvalue weighted by molar-refractivity contribution is 0.153. The molecule has 144 valence electrons. The summed E-state index contributed by atoms with van der Waals surface area (Å²) in [5.41, 5.74) is 1.13. The molecule has 2 amide bonds. The summed E-state index contributed by atoms with van der Waals surface area (Å²) >= 11 is 0. The zero-order valence-electron chi connectivity index (χ0n) is 14.9. The van der Waals surface area contributed by atoms with E-state index in [4.69, 9.17) is 0 Å². The summed E-state index contributed by atoms with van der Waals surface area (Å²) in [5, 5.41) is 15.4. The van der Waals surface area contributed by atoms with Gasteiger partial charge in [-0.25, -0.2) is 13.6 Å². The monoisotopic (exact) mass is 375 g/mol. The Morgan fingerprint density at radius 3 is 2.52 bits per heavy atom. The third-order valence-electron chi connectivity index (χ3n) is 4.75. The molecule has 27 heavy (non-hydrogen) atoms. The number of phenolic OH excluding ortho intramolecular Hbond substituents is 1. The van der Waals surface area contributed by atoms with Crippen LogP contribution in [0.25, 0.3) is 0 Å². The standard InChI is InChI=1S/C20H23F2N3O2/c21-16-4-3-15(19(22)11-16)13-25(17-7-9-23-10-8-17)20(27)24-12-14-1-5-18(26)6-2-14/h1-6,11,17,23,26H,7-10,12-13H2,(H,24,27). The Balaban J connectivity index is 1.71. The van der Waals surface area contributed by atoms with Gasteiger partial charge in [0.15, 0.2) is 0 Å². The van der Waals surface area contributed by atoms with E-state index in [1.165, 1.54) is 12.1 Å². The van der Waals surface area contributed by atoms with Crippen molar-refractivity contribution in [3.05, 3.63) is 65.2 Å². The Bertz CT molecular complexity index is 777. The highest BCUT2D eigenvalue weighted by molar-refractivity contribution is 5.74. The van der Waals surface area contributed by atoms with Crippen LogP contribution in [0.5, 0.6) is 5.75 Å². The van der Waals surface area contributed by atoms with Crippen molar-refractivity contribution in [2.75, 3.05) is 13.1 Å². The topological polar surface area (TPSA) is 64.6 Å². The molecule has 0 aromatic heterocycles. The van der Waals surface area contributed by atoms with Crippen molar-refractivity contribution in [3.8, 4) is 5.75 Å². The van der Waals surface area contributed by atoms with Crippen LogP contribution in [0, 0.1) is 11.6 Å². The minimum atomic E-state index is -0.653. The van der Waals surface area contributed by atoms with E-state index in [2.05, 4.69) is 10.6 Å². The molecule has 1 heterocycles. The van der Waals surface area contributed by atoms with Gasteiger partial charge in [-0.05, 0) is 49.7 Å². The minimum Gasteiger partial charge on any atom is -0.508 e. The maximum Gasteiger partial charge on any atom is 0.318 e. The van der Waals surface area contributed by atoms with Crippen LogP contribution in [0.3, 0.4) is 0 Å². The van der Waals surface area contributed by atoms with Crippen molar-refractivity contribution in [1.82, 2.24) is 15.5 Å². The molecule has 0 bridgehead atoms. The first kappa shape index (κ1) is 19.1. The third-order valence-corrected chi connectivity index (χ3v) is 4.75. The normalized spacial score (nSPS) is 14.7. The highest BCUT2D eigenvalue weighted by atomic mass is 19.1. The van der Waals surface area contributed by atoms with Gasteiger partial charge in [0.25, 0.3) is 0 Å². The summed E-state index contributed by atoms with van der Waals surface area (Å²) < 4.78 is 27.3. The van der Waals surface area contributed by atoms with E-state index in [0.29, 0.717) is 6.54 Å². The Hall–Kier alpha value is -2.67. The molecule has 2 aromatic rings. The van der Waals surface area contributed by atoms with E-state index in [1.54, 1.807) is 29.2 Å². The smallest absolute Gasteiger partial charge is 0.318 e.